The Kier molecular flexibility index (Phi) is 7.89. The summed E-state index contributed by atoms with van der Waals surface area (Å²) in [6.45, 7) is 0.319. The molecule has 0 aliphatic carbocycles. The van der Waals surface area contributed by atoms with Crippen LogP contribution in [0.1, 0.15) is 27.0 Å². The number of hydrogen-bond donors (Lipinski definition) is 3. The molecule has 1 amide bonds. The topological polar surface area (TPSA) is 108 Å². The quantitative estimate of drug-likeness (QED) is 0.157. The molecule has 0 radical (unpaired) electrons. The maximum absolute atomic E-state index is 12.3. The molecule has 3 rings (SSSR count). The lowest BCUT2D eigenvalue weighted by atomic mass is 10.1. The average Bonchev–Trinajstić information content (AvgIpc) is 2.83. The smallest absolute Gasteiger partial charge is 0.267 e. The summed E-state index contributed by atoms with van der Waals surface area (Å²) in [5.74, 6) is -0.286. The molecule has 0 spiro atoms. The molecule has 32 heavy (non-hydrogen) atoms. The van der Waals surface area contributed by atoms with Crippen molar-refractivity contribution in [2.45, 2.75) is 6.61 Å². The Morgan fingerprint density at radius 3 is 2.44 bits per heavy atom. The van der Waals surface area contributed by atoms with E-state index in [9.17, 15) is 14.7 Å². The zero-order valence-electron chi connectivity index (χ0n) is 17.1. The summed E-state index contributed by atoms with van der Waals surface area (Å²) in [7, 11) is 0. The van der Waals surface area contributed by atoms with Gasteiger partial charge in [0.1, 0.15) is 24.7 Å². The van der Waals surface area contributed by atoms with E-state index in [2.05, 4.69) is 4.99 Å². The number of carbonyl (C=O) groups is 2. The molecule has 3 aromatic rings. The average molecular weight is 430 g/mol. The second-order valence-electron chi connectivity index (χ2n) is 6.82. The number of carbonyl (C=O) groups excluding carboxylic acids is 2. The van der Waals surface area contributed by atoms with E-state index in [-0.39, 0.29) is 18.1 Å². The molecule has 0 aliphatic heterocycles. The number of amides is 1. The lowest BCUT2D eigenvalue weighted by Gasteiger charge is -2.07. The number of nitrogens with one attached hydrogen (secondary N) is 1. The van der Waals surface area contributed by atoms with E-state index in [4.69, 9.17) is 9.94 Å². The molecule has 0 saturated carbocycles. The van der Waals surface area contributed by atoms with Crippen LogP contribution in [0.25, 0.3) is 6.08 Å². The Balaban J connectivity index is 1.54. The highest BCUT2D eigenvalue weighted by atomic mass is 16.5. The summed E-state index contributed by atoms with van der Waals surface area (Å²) in [6, 6.07) is 21.2. The first kappa shape index (κ1) is 22.5. The van der Waals surface area contributed by atoms with E-state index in [1.807, 2.05) is 30.3 Å². The van der Waals surface area contributed by atoms with Crippen molar-refractivity contribution in [3.8, 4) is 11.5 Å². The molecular formula is C25H22N2O5. The maximum Gasteiger partial charge on any atom is 0.267 e. The Bertz CT molecular complexity index is 1120. The number of hydroxylamine groups is 1. The first-order valence-corrected chi connectivity index (χ1v) is 9.80. The minimum absolute atomic E-state index is 0.00909. The third-order valence-electron chi connectivity index (χ3n) is 4.49. The molecule has 0 saturated heterocycles. The lowest BCUT2D eigenvalue weighted by molar-refractivity contribution is -0.124. The molecule has 0 atom stereocenters. The molecule has 3 N–H and O–H groups in total. The van der Waals surface area contributed by atoms with Gasteiger partial charge in [0.05, 0.1) is 0 Å². The molecule has 0 unspecified atom stereocenters. The maximum atomic E-state index is 12.3. The number of Topliss-reactive ketones (excluding diaryl/α,β-unsaturated/α-hetero) is 1. The van der Waals surface area contributed by atoms with Gasteiger partial charge in [0.25, 0.3) is 5.91 Å². The van der Waals surface area contributed by atoms with Crippen molar-refractivity contribution in [3.63, 3.8) is 0 Å². The molecule has 7 heteroatoms. The first-order chi connectivity index (χ1) is 15.5. The standard InChI is InChI=1S/C25H22N2O5/c28-23-14-22(32-17-19-4-2-1-3-5-19)12-11-21(23)15-26-16-24(29)20-9-6-18(7-10-20)8-13-25(30)27-31/h1-15,28,31H,16-17H2,(H,27,30)/b13-8+,26-15?. The SMILES string of the molecule is O=C(/C=C/c1ccc(C(=O)CN=Cc2ccc(OCc3ccccc3)cc2O)cc1)NO. The highest BCUT2D eigenvalue weighted by molar-refractivity contribution is 5.99. The number of aliphatic imine (C=N–C) groups is 1. The van der Waals surface area contributed by atoms with Gasteiger partial charge in [-0.3, -0.25) is 19.8 Å². The van der Waals surface area contributed by atoms with Crippen molar-refractivity contribution in [1.82, 2.24) is 5.48 Å². The van der Waals surface area contributed by atoms with Gasteiger partial charge in [-0.2, -0.15) is 0 Å². The van der Waals surface area contributed by atoms with E-state index in [1.165, 1.54) is 29.9 Å². The monoisotopic (exact) mass is 430 g/mol. The van der Waals surface area contributed by atoms with Crippen molar-refractivity contribution in [2.75, 3.05) is 6.54 Å². The fourth-order valence-corrected chi connectivity index (χ4v) is 2.77. The van der Waals surface area contributed by atoms with Crippen LogP contribution in [-0.2, 0) is 11.4 Å². The molecule has 0 fully saturated rings. The number of rotatable bonds is 9. The van der Waals surface area contributed by atoms with E-state index in [0.29, 0.717) is 29.0 Å². The van der Waals surface area contributed by atoms with Crippen LogP contribution < -0.4 is 10.2 Å². The Morgan fingerprint density at radius 2 is 1.75 bits per heavy atom. The number of benzene rings is 3. The zero-order chi connectivity index (χ0) is 22.8. The first-order valence-electron chi connectivity index (χ1n) is 9.80. The fraction of sp³-hybridized carbons (Fsp3) is 0.0800. The predicted octanol–water partition coefficient (Wildman–Crippen LogP) is 3.79. The number of aromatic hydroxyl groups is 1. The van der Waals surface area contributed by atoms with Crippen molar-refractivity contribution in [1.29, 1.82) is 0 Å². The highest BCUT2D eigenvalue weighted by Gasteiger charge is 2.06. The highest BCUT2D eigenvalue weighted by Crippen LogP contribution is 2.23. The number of phenols is 1. The molecule has 0 aromatic heterocycles. The van der Waals surface area contributed by atoms with E-state index in [0.717, 1.165) is 5.56 Å². The second kappa shape index (κ2) is 11.2. The van der Waals surface area contributed by atoms with Gasteiger partial charge in [-0.1, -0.05) is 54.6 Å². The molecule has 0 aliphatic rings. The Labute approximate surface area is 185 Å². The number of phenolic OH excluding ortho intramolecular Hbond substituents is 1. The van der Waals surface area contributed by atoms with Crippen LogP contribution in [0.15, 0.2) is 83.9 Å². The summed E-state index contributed by atoms with van der Waals surface area (Å²) in [4.78, 5) is 27.4. The third-order valence-corrected chi connectivity index (χ3v) is 4.49. The van der Waals surface area contributed by atoms with E-state index < -0.39 is 5.91 Å². The van der Waals surface area contributed by atoms with Gasteiger partial charge in [-0.05, 0) is 29.3 Å². The molecule has 3 aromatic carbocycles. The van der Waals surface area contributed by atoms with Crippen LogP contribution in [0, 0.1) is 0 Å². The van der Waals surface area contributed by atoms with Gasteiger partial charge in [-0.25, -0.2) is 5.48 Å². The summed E-state index contributed by atoms with van der Waals surface area (Å²) in [6.07, 6.45) is 4.12. The van der Waals surface area contributed by atoms with Crippen LogP contribution in [0.5, 0.6) is 11.5 Å². The summed E-state index contributed by atoms with van der Waals surface area (Å²) < 4.78 is 5.68. The molecular weight excluding hydrogens is 408 g/mol. The summed E-state index contributed by atoms with van der Waals surface area (Å²) in [5, 5.41) is 18.7. The molecule has 162 valence electrons. The van der Waals surface area contributed by atoms with Gasteiger partial charge >= 0.3 is 0 Å². The minimum atomic E-state index is -0.640. The fourth-order valence-electron chi connectivity index (χ4n) is 2.77. The van der Waals surface area contributed by atoms with Gasteiger partial charge in [0.2, 0.25) is 0 Å². The van der Waals surface area contributed by atoms with Crippen LogP contribution in [0.4, 0.5) is 0 Å². The lowest BCUT2D eigenvalue weighted by Crippen LogP contribution is -2.14. The number of hydrogen-bond acceptors (Lipinski definition) is 6. The summed E-state index contributed by atoms with van der Waals surface area (Å²) in [5.41, 5.74) is 4.18. The normalized spacial score (nSPS) is 11.0. The van der Waals surface area contributed by atoms with Gasteiger partial charge < -0.3 is 9.84 Å². The molecule has 0 heterocycles. The van der Waals surface area contributed by atoms with Gasteiger partial charge in [0, 0.05) is 29.5 Å². The third kappa shape index (κ3) is 6.65. The van der Waals surface area contributed by atoms with E-state index in [1.54, 1.807) is 36.4 Å². The van der Waals surface area contributed by atoms with Crippen molar-refractivity contribution in [2.24, 2.45) is 4.99 Å². The predicted molar refractivity (Wildman–Crippen MR) is 121 cm³/mol. The van der Waals surface area contributed by atoms with Crippen LogP contribution in [0.2, 0.25) is 0 Å². The van der Waals surface area contributed by atoms with Gasteiger partial charge in [0.15, 0.2) is 5.78 Å². The van der Waals surface area contributed by atoms with Crippen molar-refractivity contribution >= 4 is 24.0 Å². The van der Waals surface area contributed by atoms with Crippen LogP contribution in [-0.4, -0.2) is 34.8 Å². The Morgan fingerprint density at radius 1 is 1.00 bits per heavy atom. The van der Waals surface area contributed by atoms with Crippen LogP contribution >= 0.6 is 0 Å². The number of nitrogens with zero attached hydrogens (tertiary/aromatic N) is 1. The largest absolute Gasteiger partial charge is 0.507 e. The van der Waals surface area contributed by atoms with Gasteiger partial charge in [-0.15, -0.1) is 0 Å². The second-order valence-corrected chi connectivity index (χ2v) is 6.82. The Hall–Kier alpha value is -4.23. The number of ketones is 1. The van der Waals surface area contributed by atoms with E-state index >= 15 is 0 Å². The molecule has 0 bridgehead atoms. The van der Waals surface area contributed by atoms with Crippen molar-refractivity contribution in [3.05, 3.63) is 101 Å². The van der Waals surface area contributed by atoms with Crippen molar-refractivity contribution < 1.29 is 24.6 Å². The zero-order valence-corrected chi connectivity index (χ0v) is 17.1. The number of ether oxygens (including phenoxy) is 1. The minimum Gasteiger partial charge on any atom is -0.507 e. The molecule has 7 nitrogen and oxygen atoms in total. The van der Waals surface area contributed by atoms with Crippen LogP contribution in [0.3, 0.4) is 0 Å². The summed E-state index contributed by atoms with van der Waals surface area (Å²) >= 11 is 0.